The van der Waals surface area contributed by atoms with Gasteiger partial charge in [-0.1, -0.05) is 12.1 Å². The van der Waals surface area contributed by atoms with Crippen LogP contribution < -0.4 is 14.9 Å². The van der Waals surface area contributed by atoms with Crippen molar-refractivity contribution in [1.82, 2.24) is 5.43 Å². The van der Waals surface area contributed by atoms with Gasteiger partial charge in [0.05, 0.1) is 26.4 Å². The molecular formula is C18H20N2O4. The van der Waals surface area contributed by atoms with E-state index in [1.807, 2.05) is 25.1 Å². The Kier molecular flexibility index (Phi) is 6.19. The third-order valence-corrected chi connectivity index (χ3v) is 3.19. The van der Waals surface area contributed by atoms with Gasteiger partial charge in [-0.2, -0.15) is 5.10 Å². The molecule has 6 heteroatoms. The Bertz CT molecular complexity index is 729. The van der Waals surface area contributed by atoms with Crippen molar-refractivity contribution in [3.8, 4) is 17.2 Å². The molecule has 0 aliphatic carbocycles. The average molecular weight is 328 g/mol. The number of rotatable bonds is 7. The number of ether oxygens (including phenoxy) is 2. The summed E-state index contributed by atoms with van der Waals surface area (Å²) >= 11 is 0. The van der Waals surface area contributed by atoms with Crippen LogP contribution in [0.1, 0.15) is 18.1 Å². The van der Waals surface area contributed by atoms with Gasteiger partial charge in [-0.3, -0.25) is 4.79 Å². The average Bonchev–Trinajstić information content (AvgIpc) is 2.57. The van der Waals surface area contributed by atoms with Crippen LogP contribution in [0.4, 0.5) is 0 Å². The Labute approximate surface area is 140 Å². The fraction of sp³-hybridized carbons (Fsp3) is 0.222. The third-order valence-electron chi connectivity index (χ3n) is 3.19. The fourth-order valence-corrected chi connectivity index (χ4v) is 2.09. The van der Waals surface area contributed by atoms with E-state index in [1.165, 1.54) is 18.3 Å². The number of phenolic OH excluding ortho intramolecular Hbond substituents is 1. The highest BCUT2D eigenvalue weighted by atomic mass is 16.5. The summed E-state index contributed by atoms with van der Waals surface area (Å²) in [5.74, 6) is 1.08. The molecule has 0 aliphatic rings. The number of methoxy groups -OCH3 is 1. The number of carbonyl (C=O) groups excluding carboxylic acids is 1. The largest absolute Gasteiger partial charge is 0.508 e. The predicted molar refractivity (Wildman–Crippen MR) is 91.7 cm³/mol. The van der Waals surface area contributed by atoms with E-state index < -0.39 is 0 Å². The van der Waals surface area contributed by atoms with Crippen molar-refractivity contribution in [2.75, 3.05) is 13.7 Å². The van der Waals surface area contributed by atoms with Crippen LogP contribution in [0.3, 0.4) is 0 Å². The summed E-state index contributed by atoms with van der Waals surface area (Å²) < 4.78 is 10.5. The second-order valence-corrected chi connectivity index (χ2v) is 4.98. The summed E-state index contributed by atoms with van der Waals surface area (Å²) in [4.78, 5) is 11.9. The first-order chi connectivity index (χ1) is 11.6. The Morgan fingerprint density at radius 2 is 2.12 bits per heavy atom. The Balaban J connectivity index is 1.97. The monoisotopic (exact) mass is 328 g/mol. The lowest BCUT2D eigenvalue weighted by atomic mass is 10.1. The molecule has 126 valence electrons. The zero-order valence-corrected chi connectivity index (χ0v) is 13.7. The van der Waals surface area contributed by atoms with Gasteiger partial charge in [-0.05, 0) is 36.8 Å². The molecule has 2 rings (SSSR count). The van der Waals surface area contributed by atoms with E-state index in [-0.39, 0.29) is 18.1 Å². The molecule has 1 amide bonds. The van der Waals surface area contributed by atoms with E-state index in [1.54, 1.807) is 19.2 Å². The quantitative estimate of drug-likeness (QED) is 0.604. The van der Waals surface area contributed by atoms with E-state index in [9.17, 15) is 9.90 Å². The van der Waals surface area contributed by atoms with Crippen LogP contribution in [-0.2, 0) is 11.2 Å². The third kappa shape index (κ3) is 5.01. The fourth-order valence-electron chi connectivity index (χ4n) is 2.09. The minimum atomic E-state index is -0.240. The lowest BCUT2D eigenvalue weighted by molar-refractivity contribution is -0.120. The van der Waals surface area contributed by atoms with Crippen LogP contribution in [0.2, 0.25) is 0 Å². The topological polar surface area (TPSA) is 80.2 Å². The normalized spacial score (nSPS) is 10.6. The molecule has 0 aromatic heterocycles. The second-order valence-electron chi connectivity index (χ2n) is 4.98. The van der Waals surface area contributed by atoms with E-state index in [2.05, 4.69) is 10.5 Å². The van der Waals surface area contributed by atoms with E-state index in [0.717, 1.165) is 5.56 Å². The minimum absolute atomic E-state index is 0.109. The van der Waals surface area contributed by atoms with Crippen LogP contribution in [0.25, 0.3) is 0 Å². The smallest absolute Gasteiger partial charge is 0.244 e. The van der Waals surface area contributed by atoms with Gasteiger partial charge in [-0.25, -0.2) is 5.43 Å². The van der Waals surface area contributed by atoms with Crippen molar-refractivity contribution >= 4 is 12.1 Å². The Hall–Kier alpha value is -3.02. The zero-order chi connectivity index (χ0) is 17.4. The maximum Gasteiger partial charge on any atom is 0.244 e. The molecule has 0 atom stereocenters. The van der Waals surface area contributed by atoms with Crippen molar-refractivity contribution < 1.29 is 19.4 Å². The van der Waals surface area contributed by atoms with Gasteiger partial charge in [0.25, 0.3) is 0 Å². The van der Waals surface area contributed by atoms with Crippen LogP contribution in [0.15, 0.2) is 47.6 Å². The summed E-state index contributed by atoms with van der Waals surface area (Å²) in [6.45, 7) is 2.31. The van der Waals surface area contributed by atoms with Gasteiger partial charge in [0.15, 0.2) is 0 Å². The number of nitrogens with one attached hydrogen (secondary N) is 1. The second kappa shape index (κ2) is 8.57. The minimum Gasteiger partial charge on any atom is -0.508 e. The number of hydrazone groups is 1. The summed E-state index contributed by atoms with van der Waals surface area (Å²) in [6, 6.07) is 12.0. The highest BCUT2D eigenvalue weighted by Gasteiger charge is 2.05. The van der Waals surface area contributed by atoms with Crippen LogP contribution in [0, 0.1) is 0 Å². The number of aromatic hydroxyl groups is 1. The molecule has 6 nitrogen and oxygen atoms in total. The van der Waals surface area contributed by atoms with E-state index in [4.69, 9.17) is 9.47 Å². The molecule has 0 saturated heterocycles. The standard InChI is InChI=1S/C18H20N2O4/c1-3-24-17-11-15(21)8-7-14(17)12-19-20-18(22)10-13-5-4-6-16(9-13)23-2/h4-9,11-12,21H,3,10H2,1-2H3,(H,20,22)/b19-12+. The summed E-state index contributed by atoms with van der Waals surface area (Å²) in [5.41, 5.74) is 3.97. The number of benzene rings is 2. The van der Waals surface area contributed by atoms with Crippen molar-refractivity contribution in [2.24, 2.45) is 5.10 Å². The molecule has 0 aliphatic heterocycles. The first kappa shape index (κ1) is 17.3. The zero-order valence-electron chi connectivity index (χ0n) is 13.7. The van der Waals surface area contributed by atoms with Gasteiger partial charge in [0.2, 0.25) is 5.91 Å². The molecule has 24 heavy (non-hydrogen) atoms. The van der Waals surface area contributed by atoms with Crippen molar-refractivity contribution in [3.63, 3.8) is 0 Å². The molecule has 2 N–H and O–H groups in total. The first-order valence-electron chi connectivity index (χ1n) is 7.53. The summed E-state index contributed by atoms with van der Waals surface area (Å²) in [5, 5.41) is 13.4. The van der Waals surface area contributed by atoms with Crippen molar-refractivity contribution in [1.29, 1.82) is 0 Å². The van der Waals surface area contributed by atoms with Gasteiger partial charge in [-0.15, -0.1) is 0 Å². The molecule has 0 fully saturated rings. The Morgan fingerprint density at radius 1 is 1.29 bits per heavy atom. The molecule has 2 aromatic rings. The molecule has 0 heterocycles. The number of phenols is 1. The number of hydrogen-bond acceptors (Lipinski definition) is 5. The molecule has 0 unspecified atom stereocenters. The van der Waals surface area contributed by atoms with Crippen LogP contribution >= 0.6 is 0 Å². The highest BCUT2D eigenvalue weighted by molar-refractivity contribution is 5.86. The molecule has 0 spiro atoms. The first-order valence-corrected chi connectivity index (χ1v) is 7.53. The maximum atomic E-state index is 11.9. The van der Waals surface area contributed by atoms with E-state index >= 15 is 0 Å². The number of carbonyl (C=O) groups is 1. The molecular weight excluding hydrogens is 308 g/mol. The van der Waals surface area contributed by atoms with Crippen LogP contribution in [0.5, 0.6) is 17.2 Å². The molecule has 2 aromatic carbocycles. The van der Waals surface area contributed by atoms with Gasteiger partial charge >= 0.3 is 0 Å². The summed E-state index contributed by atoms with van der Waals surface area (Å²) in [7, 11) is 1.58. The van der Waals surface area contributed by atoms with Crippen molar-refractivity contribution in [2.45, 2.75) is 13.3 Å². The SMILES string of the molecule is CCOc1cc(O)ccc1/C=N/NC(=O)Cc1cccc(OC)c1. The predicted octanol–water partition coefficient (Wildman–Crippen LogP) is 2.49. The lowest BCUT2D eigenvalue weighted by Crippen LogP contribution is -2.19. The number of nitrogens with zero attached hydrogens (tertiary/aromatic N) is 1. The van der Waals surface area contributed by atoms with E-state index in [0.29, 0.717) is 23.7 Å². The van der Waals surface area contributed by atoms with Gasteiger partial charge in [0, 0.05) is 11.6 Å². The Morgan fingerprint density at radius 3 is 2.88 bits per heavy atom. The molecule has 0 saturated carbocycles. The highest BCUT2D eigenvalue weighted by Crippen LogP contribution is 2.22. The van der Waals surface area contributed by atoms with Crippen LogP contribution in [-0.4, -0.2) is 30.9 Å². The molecule has 0 radical (unpaired) electrons. The number of hydrogen-bond donors (Lipinski definition) is 2. The van der Waals surface area contributed by atoms with Gasteiger partial charge < -0.3 is 14.6 Å². The van der Waals surface area contributed by atoms with Crippen molar-refractivity contribution in [3.05, 3.63) is 53.6 Å². The lowest BCUT2D eigenvalue weighted by Gasteiger charge is -2.07. The maximum absolute atomic E-state index is 11.9. The molecule has 0 bridgehead atoms. The summed E-state index contributed by atoms with van der Waals surface area (Å²) in [6.07, 6.45) is 1.68. The van der Waals surface area contributed by atoms with Gasteiger partial charge in [0.1, 0.15) is 17.2 Å². The number of amides is 1.